The zero-order valence-electron chi connectivity index (χ0n) is 15.2. The number of rotatable bonds is 5. The third-order valence-corrected chi connectivity index (χ3v) is 4.11. The molecule has 0 aromatic carbocycles. The van der Waals surface area contributed by atoms with Crippen molar-refractivity contribution in [3.8, 4) is 0 Å². The lowest BCUT2D eigenvalue weighted by Crippen LogP contribution is -2.51. The Morgan fingerprint density at radius 3 is 2.19 bits per heavy atom. The van der Waals surface area contributed by atoms with E-state index in [0.29, 0.717) is 38.3 Å². The minimum atomic E-state index is -0.668. The number of amides is 2. The van der Waals surface area contributed by atoms with Gasteiger partial charge in [-0.3, -0.25) is 9.59 Å². The van der Waals surface area contributed by atoms with Crippen molar-refractivity contribution in [2.24, 2.45) is 7.05 Å². The highest BCUT2D eigenvalue weighted by atomic mass is 16.6. The van der Waals surface area contributed by atoms with Crippen molar-refractivity contribution in [1.82, 2.24) is 14.4 Å². The number of aromatic nitrogens is 1. The number of esters is 1. The first-order valence-corrected chi connectivity index (χ1v) is 8.37. The third-order valence-electron chi connectivity index (χ3n) is 4.11. The lowest BCUT2D eigenvalue weighted by Gasteiger charge is -2.33. The van der Waals surface area contributed by atoms with E-state index < -0.39 is 18.7 Å². The van der Waals surface area contributed by atoms with Crippen molar-refractivity contribution in [1.29, 1.82) is 0 Å². The molecule has 0 aliphatic carbocycles. The fourth-order valence-corrected chi connectivity index (χ4v) is 2.61. The smallest absolute Gasteiger partial charge is 0.409 e. The van der Waals surface area contributed by atoms with Crippen molar-refractivity contribution >= 4 is 23.8 Å². The normalized spacial score (nSPS) is 14.1. The molecule has 1 aromatic heterocycles. The lowest BCUT2D eigenvalue weighted by molar-refractivity contribution is -0.136. The zero-order chi connectivity index (χ0) is 19.3. The Balaban J connectivity index is 1.83. The summed E-state index contributed by atoms with van der Waals surface area (Å²) in [5.74, 6) is -1.16. The molecule has 1 aliphatic rings. The highest BCUT2D eigenvalue weighted by Crippen LogP contribution is 2.10. The van der Waals surface area contributed by atoms with Gasteiger partial charge in [-0.2, -0.15) is 0 Å². The highest BCUT2D eigenvalue weighted by Gasteiger charge is 2.25. The van der Waals surface area contributed by atoms with Gasteiger partial charge in [-0.1, -0.05) is 0 Å². The van der Waals surface area contributed by atoms with Gasteiger partial charge in [-0.25, -0.2) is 9.59 Å². The number of piperazine rings is 1. The maximum atomic E-state index is 12.2. The summed E-state index contributed by atoms with van der Waals surface area (Å²) in [5, 5.41) is 0. The Labute approximate surface area is 151 Å². The van der Waals surface area contributed by atoms with Crippen LogP contribution in [0.15, 0.2) is 12.3 Å². The summed E-state index contributed by atoms with van der Waals surface area (Å²) >= 11 is 0. The van der Waals surface area contributed by atoms with Crippen LogP contribution in [0.4, 0.5) is 4.79 Å². The molecule has 0 atom stereocenters. The number of aryl methyl sites for hydroxylation is 1. The van der Waals surface area contributed by atoms with Gasteiger partial charge in [0.1, 0.15) is 5.69 Å². The fourth-order valence-electron chi connectivity index (χ4n) is 2.61. The van der Waals surface area contributed by atoms with Crippen LogP contribution in [0.25, 0.3) is 0 Å². The van der Waals surface area contributed by atoms with E-state index >= 15 is 0 Å². The van der Waals surface area contributed by atoms with E-state index in [1.165, 1.54) is 33.6 Å². The summed E-state index contributed by atoms with van der Waals surface area (Å²) in [4.78, 5) is 50.4. The molecule has 0 N–H and O–H groups in total. The molecule has 2 heterocycles. The Morgan fingerprint density at radius 1 is 1.04 bits per heavy atom. The van der Waals surface area contributed by atoms with Gasteiger partial charge in [0.2, 0.25) is 0 Å². The Kier molecular flexibility index (Phi) is 6.37. The largest absolute Gasteiger partial charge is 0.451 e. The van der Waals surface area contributed by atoms with Crippen LogP contribution in [0.1, 0.15) is 34.7 Å². The summed E-state index contributed by atoms with van der Waals surface area (Å²) in [6.45, 7) is 4.51. The molecule has 142 valence electrons. The lowest BCUT2D eigenvalue weighted by atomic mass is 10.2. The first-order valence-electron chi connectivity index (χ1n) is 8.37. The Morgan fingerprint density at radius 2 is 1.65 bits per heavy atom. The second kappa shape index (κ2) is 8.50. The van der Waals surface area contributed by atoms with E-state index in [4.69, 9.17) is 9.47 Å². The van der Waals surface area contributed by atoms with E-state index in [2.05, 4.69) is 0 Å². The van der Waals surface area contributed by atoms with Crippen LogP contribution >= 0.6 is 0 Å². The zero-order valence-corrected chi connectivity index (χ0v) is 15.2. The van der Waals surface area contributed by atoms with Crippen LogP contribution < -0.4 is 0 Å². The molecular formula is C17H23N3O6. The molecule has 1 fully saturated rings. The van der Waals surface area contributed by atoms with Gasteiger partial charge in [-0.15, -0.1) is 0 Å². The van der Waals surface area contributed by atoms with E-state index in [0.717, 1.165) is 0 Å². The van der Waals surface area contributed by atoms with Crippen molar-refractivity contribution in [2.45, 2.75) is 13.8 Å². The van der Waals surface area contributed by atoms with Crippen LogP contribution in [0.2, 0.25) is 0 Å². The molecule has 9 nitrogen and oxygen atoms in total. The average molecular weight is 365 g/mol. The molecule has 0 radical (unpaired) electrons. The number of Topliss-reactive ketones (excluding diaryl/α,β-unsaturated/α-hetero) is 1. The van der Waals surface area contributed by atoms with Crippen molar-refractivity contribution in [2.75, 3.05) is 39.4 Å². The van der Waals surface area contributed by atoms with Crippen LogP contribution in [0, 0.1) is 0 Å². The summed E-state index contributed by atoms with van der Waals surface area (Å²) in [7, 11) is 1.62. The predicted octanol–water partition coefficient (Wildman–Crippen LogP) is 0.685. The van der Waals surface area contributed by atoms with Crippen LogP contribution in [0.5, 0.6) is 0 Å². The molecule has 0 saturated carbocycles. The van der Waals surface area contributed by atoms with Gasteiger partial charge < -0.3 is 23.8 Å². The minimum Gasteiger partial charge on any atom is -0.451 e. The molecule has 0 bridgehead atoms. The number of ketones is 1. The third kappa shape index (κ3) is 4.62. The topological polar surface area (TPSA) is 98.2 Å². The van der Waals surface area contributed by atoms with E-state index in [1.807, 2.05) is 0 Å². The number of carbonyl (C=O) groups is 4. The monoisotopic (exact) mass is 365 g/mol. The van der Waals surface area contributed by atoms with Gasteiger partial charge in [-0.05, 0) is 19.9 Å². The first-order chi connectivity index (χ1) is 12.3. The van der Waals surface area contributed by atoms with E-state index in [9.17, 15) is 19.2 Å². The van der Waals surface area contributed by atoms with Gasteiger partial charge in [0, 0.05) is 45.0 Å². The molecule has 2 rings (SSSR count). The Hall–Kier alpha value is -2.84. The molecule has 0 unspecified atom stereocenters. The quantitative estimate of drug-likeness (QED) is 0.562. The van der Waals surface area contributed by atoms with Crippen molar-refractivity contribution in [3.05, 3.63) is 23.5 Å². The number of ether oxygens (including phenoxy) is 2. The minimum absolute atomic E-state index is 0.157. The van der Waals surface area contributed by atoms with Gasteiger partial charge in [0.05, 0.1) is 6.61 Å². The molecule has 26 heavy (non-hydrogen) atoms. The summed E-state index contributed by atoms with van der Waals surface area (Å²) in [5.41, 5.74) is 0.607. The fraction of sp³-hybridized carbons (Fsp3) is 0.529. The maximum absolute atomic E-state index is 12.2. The second-order valence-electron chi connectivity index (χ2n) is 5.92. The molecule has 1 aromatic rings. The van der Waals surface area contributed by atoms with Gasteiger partial charge in [0.25, 0.3) is 5.91 Å². The number of hydrogen-bond acceptors (Lipinski definition) is 6. The van der Waals surface area contributed by atoms with Crippen LogP contribution in [-0.2, 0) is 21.3 Å². The summed E-state index contributed by atoms with van der Waals surface area (Å²) in [6.07, 6.45) is 1.14. The molecule has 1 saturated heterocycles. The molecule has 2 amide bonds. The number of carbonyl (C=O) groups excluding carboxylic acids is 4. The predicted molar refractivity (Wildman–Crippen MR) is 90.9 cm³/mol. The Bertz CT molecular complexity index is 703. The summed E-state index contributed by atoms with van der Waals surface area (Å²) < 4.78 is 11.5. The maximum Gasteiger partial charge on any atom is 0.409 e. The second-order valence-corrected chi connectivity index (χ2v) is 5.92. The highest BCUT2D eigenvalue weighted by molar-refractivity contribution is 5.98. The van der Waals surface area contributed by atoms with Crippen LogP contribution in [-0.4, -0.2) is 77.5 Å². The van der Waals surface area contributed by atoms with Crippen molar-refractivity contribution in [3.63, 3.8) is 0 Å². The summed E-state index contributed by atoms with van der Waals surface area (Å²) in [6, 6.07) is 1.44. The molecule has 0 spiro atoms. The molecule has 1 aliphatic heterocycles. The van der Waals surface area contributed by atoms with Crippen molar-refractivity contribution < 1.29 is 28.7 Å². The van der Waals surface area contributed by atoms with E-state index in [-0.39, 0.29) is 17.4 Å². The van der Waals surface area contributed by atoms with Crippen LogP contribution in [0.3, 0.4) is 0 Å². The van der Waals surface area contributed by atoms with Gasteiger partial charge in [0.15, 0.2) is 12.4 Å². The number of nitrogens with zero attached hydrogens (tertiary/aromatic N) is 3. The van der Waals surface area contributed by atoms with Gasteiger partial charge >= 0.3 is 12.1 Å². The SMILES string of the molecule is CCOC(=O)N1CCN(C(=O)COC(=O)c2cc(C(C)=O)cn2C)CC1. The number of hydrogen-bond donors (Lipinski definition) is 0. The van der Waals surface area contributed by atoms with E-state index in [1.54, 1.807) is 14.0 Å². The molecule has 9 heteroatoms. The average Bonchev–Trinajstić information content (AvgIpc) is 3.02. The standard InChI is InChI=1S/C17H23N3O6/c1-4-25-17(24)20-7-5-19(6-8-20)15(22)11-26-16(23)14-9-13(12(2)21)10-18(14)3/h9-10H,4-8,11H2,1-3H3. The molecular weight excluding hydrogens is 342 g/mol. The first kappa shape index (κ1) is 19.5.